The molecule has 0 unspecified atom stereocenters. The highest BCUT2D eigenvalue weighted by Gasteiger charge is 2.15. The third-order valence-corrected chi connectivity index (χ3v) is 4.95. The van der Waals surface area contributed by atoms with E-state index in [2.05, 4.69) is 4.72 Å². The molecule has 4 nitrogen and oxygen atoms in total. The average Bonchev–Trinajstić information content (AvgIpc) is 2.55. The van der Waals surface area contributed by atoms with Crippen molar-refractivity contribution >= 4 is 10.0 Å². The van der Waals surface area contributed by atoms with Crippen molar-refractivity contribution in [3.63, 3.8) is 0 Å². The van der Waals surface area contributed by atoms with Crippen LogP contribution in [0.25, 0.3) is 0 Å². The SMILES string of the molecule is CCc1cc(S(=O)(=O)NCCc2ccccc2)ccc1OC. The van der Waals surface area contributed by atoms with Crippen LogP contribution in [0.2, 0.25) is 0 Å². The maximum Gasteiger partial charge on any atom is 0.240 e. The van der Waals surface area contributed by atoms with Crippen LogP contribution in [0, 0.1) is 0 Å². The Kier molecular flexibility index (Phi) is 5.57. The van der Waals surface area contributed by atoms with E-state index in [9.17, 15) is 8.42 Å². The summed E-state index contributed by atoms with van der Waals surface area (Å²) >= 11 is 0. The Morgan fingerprint density at radius 2 is 1.82 bits per heavy atom. The Morgan fingerprint density at radius 1 is 1.09 bits per heavy atom. The first-order valence-corrected chi connectivity index (χ1v) is 8.75. The molecule has 2 aromatic rings. The lowest BCUT2D eigenvalue weighted by Gasteiger charge is -2.11. The van der Waals surface area contributed by atoms with Gasteiger partial charge in [-0.3, -0.25) is 0 Å². The van der Waals surface area contributed by atoms with Gasteiger partial charge in [0.15, 0.2) is 0 Å². The van der Waals surface area contributed by atoms with Crippen LogP contribution in [0.15, 0.2) is 53.4 Å². The van der Waals surface area contributed by atoms with Gasteiger partial charge in [-0.1, -0.05) is 37.3 Å². The van der Waals surface area contributed by atoms with Crippen molar-refractivity contribution in [1.82, 2.24) is 4.72 Å². The number of methoxy groups -OCH3 is 1. The molecule has 0 fully saturated rings. The van der Waals surface area contributed by atoms with Crippen molar-refractivity contribution in [3.8, 4) is 5.75 Å². The van der Waals surface area contributed by atoms with Crippen LogP contribution in [0.1, 0.15) is 18.1 Å². The molecular formula is C17H21NO3S. The maximum atomic E-state index is 12.3. The number of benzene rings is 2. The molecular weight excluding hydrogens is 298 g/mol. The number of hydrogen-bond acceptors (Lipinski definition) is 3. The zero-order chi connectivity index (χ0) is 16.0. The minimum absolute atomic E-state index is 0.276. The molecule has 0 aliphatic rings. The highest BCUT2D eigenvalue weighted by molar-refractivity contribution is 7.89. The van der Waals surface area contributed by atoms with Crippen molar-refractivity contribution in [2.24, 2.45) is 0 Å². The van der Waals surface area contributed by atoms with Gasteiger partial charge in [-0.15, -0.1) is 0 Å². The number of ether oxygens (including phenoxy) is 1. The van der Waals surface area contributed by atoms with E-state index in [-0.39, 0.29) is 4.90 Å². The third kappa shape index (κ3) is 4.08. The lowest BCUT2D eigenvalue weighted by Crippen LogP contribution is -2.26. The van der Waals surface area contributed by atoms with Gasteiger partial charge < -0.3 is 4.74 Å². The number of rotatable bonds is 7. The second-order valence-corrected chi connectivity index (χ2v) is 6.73. The Hall–Kier alpha value is -1.85. The average molecular weight is 319 g/mol. The van der Waals surface area contributed by atoms with E-state index in [0.717, 1.165) is 17.5 Å². The molecule has 0 saturated heterocycles. The summed E-state index contributed by atoms with van der Waals surface area (Å²) in [7, 11) is -1.91. The van der Waals surface area contributed by atoms with Gasteiger partial charge in [-0.2, -0.15) is 0 Å². The van der Waals surface area contributed by atoms with E-state index in [0.29, 0.717) is 18.7 Å². The molecule has 0 bridgehead atoms. The topological polar surface area (TPSA) is 55.4 Å². The second kappa shape index (κ2) is 7.42. The first-order chi connectivity index (χ1) is 10.6. The highest BCUT2D eigenvalue weighted by Crippen LogP contribution is 2.22. The number of sulfonamides is 1. The first-order valence-electron chi connectivity index (χ1n) is 7.27. The van der Waals surface area contributed by atoms with Crippen molar-refractivity contribution in [3.05, 3.63) is 59.7 Å². The number of nitrogens with one attached hydrogen (secondary N) is 1. The van der Waals surface area contributed by atoms with Crippen LogP contribution < -0.4 is 9.46 Å². The minimum Gasteiger partial charge on any atom is -0.496 e. The Balaban J connectivity index is 2.07. The fourth-order valence-corrected chi connectivity index (χ4v) is 3.34. The van der Waals surface area contributed by atoms with E-state index >= 15 is 0 Å². The highest BCUT2D eigenvalue weighted by atomic mass is 32.2. The first kappa shape index (κ1) is 16.5. The van der Waals surface area contributed by atoms with E-state index in [1.165, 1.54) is 0 Å². The van der Waals surface area contributed by atoms with E-state index < -0.39 is 10.0 Å². The summed E-state index contributed by atoms with van der Waals surface area (Å²) < 4.78 is 32.5. The van der Waals surface area contributed by atoms with Crippen molar-refractivity contribution in [1.29, 1.82) is 0 Å². The van der Waals surface area contributed by atoms with Crippen LogP contribution in [-0.2, 0) is 22.9 Å². The largest absolute Gasteiger partial charge is 0.496 e. The summed E-state index contributed by atoms with van der Waals surface area (Å²) in [5.74, 6) is 0.714. The van der Waals surface area contributed by atoms with Gasteiger partial charge in [0, 0.05) is 6.54 Å². The fraction of sp³-hybridized carbons (Fsp3) is 0.294. The van der Waals surface area contributed by atoms with E-state index in [1.54, 1.807) is 25.3 Å². The predicted octanol–water partition coefficient (Wildman–Crippen LogP) is 2.78. The predicted molar refractivity (Wildman–Crippen MR) is 87.7 cm³/mol. The van der Waals surface area contributed by atoms with Crippen LogP contribution >= 0.6 is 0 Å². The lowest BCUT2D eigenvalue weighted by molar-refractivity contribution is 0.409. The molecule has 22 heavy (non-hydrogen) atoms. The smallest absolute Gasteiger partial charge is 0.240 e. The third-order valence-electron chi connectivity index (χ3n) is 3.49. The standard InChI is InChI=1S/C17H21NO3S/c1-3-15-13-16(9-10-17(15)21-2)22(19,20)18-12-11-14-7-5-4-6-8-14/h4-10,13,18H,3,11-12H2,1-2H3. The molecule has 0 aliphatic heterocycles. The normalized spacial score (nSPS) is 11.4. The summed E-state index contributed by atoms with van der Waals surface area (Å²) in [5, 5.41) is 0. The monoisotopic (exact) mass is 319 g/mol. The summed E-state index contributed by atoms with van der Waals surface area (Å²) in [6, 6.07) is 14.7. The van der Waals surface area contributed by atoms with E-state index in [4.69, 9.17) is 4.74 Å². The molecule has 0 spiro atoms. The van der Waals surface area contributed by atoms with Crippen molar-refractivity contribution in [2.45, 2.75) is 24.7 Å². The molecule has 0 amide bonds. The molecule has 0 aliphatic carbocycles. The van der Waals surface area contributed by atoms with Gasteiger partial charge in [0.05, 0.1) is 12.0 Å². The van der Waals surface area contributed by atoms with Gasteiger partial charge >= 0.3 is 0 Å². The van der Waals surface area contributed by atoms with Gasteiger partial charge in [0.2, 0.25) is 10.0 Å². The lowest BCUT2D eigenvalue weighted by atomic mass is 10.1. The molecule has 1 N–H and O–H groups in total. The van der Waals surface area contributed by atoms with Crippen LogP contribution in [0.5, 0.6) is 5.75 Å². The fourth-order valence-electron chi connectivity index (χ4n) is 2.26. The van der Waals surface area contributed by atoms with Crippen LogP contribution in [-0.4, -0.2) is 22.1 Å². The molecule has 0 heterocycles. The summed E-state index contributed by atoms with van der Waals surface area (Å²) in [4.78, 5) is 0.276. The molecule has 2 aromatic carbocycles. The maximum absolute atomic E-state index is 12.3. The van der Waals surface area contributed by atoms with Crippen LogP contribution in [0.4, 0.5) is 0 Å². The number of aryl methyl sites for hydroxylation is 1. The summed E-state index contributed by atoms with van der Waals surface area (Å²) in [5.41, 5.74) is 1.99. The summed E-state index contributed by atoms with van der Waals surface area (Å²) in [6.07, 6.45) is 1.38. The summed E-state index contributed by atoms with van der Waals surface area (Å²) in [6.45, 7) is 2.34. The van der Waals surface area contributed by atoms with Crippen molar-refractivity contribution < 1.29 is 13.2 Å². The second-order valence-electron chi connectivity index (χ2n) is 4.96. The molecule has 0 radical (unpaired) electrons. The Bertz CT molecular complexity index is 712. The zero-order valence-corrected chi connectivity index (χ0v) is 13.7. The molecule has 5 heteroatoms. The van der Waals surface area contributed by atoms with Gasteiger partial charge in [-0.05, 0) is 42.2 Å². The molecule has 118 valence electrons. The van der Waals surface area contributed by atoms with Crippen molar-refractivity contribution in [2.75, 3.05) is 13.7 Å². The quantitative estimate of drug-likeness (QED) is 0.854. The number of hydrogen-bond donors (Lipinski definition) is 1. The van der Waals surface area contributed by atoms with Crippen LogP contribution in [0.3, 0.4) is 0 Å². The van der Waals surface area contributed by atoms with Gasteiger partial charge in [0.1, 0.15) is 5.75 Å². The Labute approximate surface area is 132 Å². The molecule has 2 rings (SSSR count). The molecule has 0 saturated carbocycles. The molecule has 0 atom stereocenters. The minimum atomic E-state index is -3.49. The zero-order valence-electron chi connectivity index (χ0n) is 12.9. The Morgan fingerprint density at radius 3 is 2.45 bits per heavy atom. The van der Waals surface area contributed by atoms with E-state index in [1.807, 2.05) is 37.3 Å². The van der Waals surface area contributed by atoms with Gasteiger partial charge in [0.25, 0.3) is 0 Å². The molecule has 0 aromatic heterocycles. The van der Waals surface area contributed by atoms with Gasteiger partial charge in [-0.25, -0.2) is 13.1 Å².